The molecule has 0 aliphatic carbocycles. The second-order valence-electron chi connectivity index (χ2n) is 1.99. The minimum atomic E-state index is 0.293. The molecule has 0 bridgehead atoms. The van der Waals surface area contributed by atoms with Gasteiger partial charge in [0.25, 0.3) is 0 Å². The van der Waals surface area contributed by atoms with Gasteiger partial charge in [-0.1, -0.05) is 0 Å². The van der Waals surface area contributed by atoms with Crippen molar-refractivity contribution in [2.45, 2.75) is 6.92 Å². The van der Waals surface area contributed by atoms with E-state index < -0.39 is 0 Å². The van der Waals surface area contributed by atoms with E-state index in [1.54, 1.807) is 0 Å². The molecule has 1 heteroatoms. The van der Waals surface area contributed by atoms with Crippen LogP contribution in [0.15, 0.2) is 24.3 Å². The van der Waals surface area contributed by atoms with E-state index in [1.807, 2.05) is 0 Å². The van der Waals surface area contributed by atoms with Gasteiger partial charge in [-0.05, 0) is 0 Å². The third-order valence-electron chi connectivity index (χ3n) is 1.20. The second-order valence-corrected chi connectivity index (χ2v) is 4.31. The molecule has 0 aliphatic rings. The molecule has 0 fully saturated rings. The van der Waals surface area contributed by atoms with Crippen molar-refractivity contribution in [2.75, 3.05) is 4.93 Å². The maximum atomic E-state index is 2.29. The second kappa shape index (κ2) is 3.20. The zero-order valence-corrected chi connectivity index (χ0v) is 7.84. The van der Waals surface area contributed by atoms with E-state index in [1.165, 1.54) is 9.13 Å². The fraction of sp³-hybridized carbons (Fsp3) is 0.250. The van der Waals surface area contributed by atoms with Crippen molar-refractivity contribution >= 4 is 0 Å². The molecule has 0 atom stereocenters. The van der Waals surface area contributed by atoms with E-state index >= 15 is 0 Å². The van der Waals surface area contributed by atoms with Gasteiger partial charge in [0.2, 0.25) is 0 Å². The van der Waals surface area contributed by atoms with Crippen molar-refractivity contribution < 1.29 is 21.2 Å². The fourth-order valence-corrected chi connectivity index (χ4v) is 2.09. The third-order valence-corrected chi connectivity index (χ3v) is 3.11. The van der Waals surface area contributed by atoms with Gasteiger partial charge >= 0.3 is 66.5 Å². The van der Waals surface area contributed by atoms with Crippen LogP contribution in [0.5, 0.6) is 0 Å². The maximum absolute atomic E-state index is 2.29. The van der Waals surface area contributed by atoms with Gasteiger partial charge in [0.1, 0.15) is 0 Å². The molecule has 0 unspecified atom stereocenters. The Kier molecular flexibility index (Phi) is 2.51. The van der Waals surface area contributed by atoms with Gasteiger partial charge in [-0.25, -0.2) is 0 Å². The first-order chi connectivity index (χ1) is 4.33. The van der Waals surface area contributed by atoms with E-state index in [4.69, 9.17) is 0 Å². The zero-order valence-electron chi connectivity index (χ0n) is 5.69. The monoisotopic (exact) mass is 233 g/mol. The van der Waals surface area contributed by atoms with Crippen LogP contribution in [-0.4, -0.2) is 4.93 Å². The number of aryl methyl sites for hydroxylation is 1. The Balaban J connectivity index is 2.94. The molecule has 0 spiro atoms. The van der Waals surface area contributed by atoms with Gasteiger partial charge < -0.3 is 0 Å². The number of halogens is 1. The molecule has 50 valence electrons. The summed E-state index contributed by atoms with van der Waals surface area (Å²) in [5.41, 5.74) is 1.38. The molecule has 0 saturated carbocycles. The summed E-state index contributed by atoms with van der Waals surface area (Å²) in [7, 11) is 0. The first-order valence-electron chi connectivity index (χ1n) is 2.89. The molecule has 0 aromatic heterocycles. The molecule has 0 heterocycles. The Labute approximate surface area is 66.5 Å². The Bertz CT molecular complexity index is 194. The fourth-order valence-electron chi connectivity index (χ4n) is 0.723. The number of hydrogen-bond donors (Lipinski definition) is 0. The first-order valence-corrected chi connectivity index (χ1v) is 6.12. The zero-order chi connectivity index (χ0) is 6.69. The van der Waals surface area contributed by atoms with Gasteiger partial charge in [0, 0.05) is 0 Å². The van der Waals surface area contributed by atoms with Crippen molar-refractivity contribution in [3.8, 4) is 0 Å². The standard InChI is InChI=1S/C8H10I/c1-7-4-3-5-8(6-7)9-2/h3-6H,1-2H3/q-1. The summed E-state index contributed by atoms with van der Waals surface area (Å²) < 4.78 is 1.54. The Morgan fingerprint density at radius 2 is 2.11 bits per heavy atom. The van der Waals surface area contributed by atoms with Crippen LogP contribution in [0.1, 0.15) is 5.56 Å². The molecule has 9 heavy (non-hydrogen) atoms. The normalized spacial score (nSPS) is 10.0. The van der Waals surface area contributed by atoms with Crippen LogP contribution in [0.2, 0.25) is 0 Å². The van der Waals surface area contributed by atoms with Crippen molar-refractivity contribution in [1.82, 2.24) is 0 Å². The summed E-state index contributed by atoms with van der Waals surface area (Å²) in [5.74, 6) is 0. The van der Waals surface area contributed by atoms with Crippen LogP contribution >= 0.6 is 0 Å². The van der Waals surface area contributed by atoms with E-state index in [9.17, 15) is 0 Å². The SMILES string of the molecule is C[I-]c1cccc(C)c1. The summed E-state index contributed by atoms with van der Waals surface area (Å²) in [4.78, 5) is 2.29. The first kappa shape index (κ1) is 7.06. The summed E-state index contributed by atoms with van der Waals surface area (Å²) in [6, 6.07) is 8.75. The van der Waals surface area contributed by atoms with E-state index in [2.05, 4.69) is 36.1 Å². The van der Waals surface area contributed by atoms with Gasteiger partial charge in [-0.3, -0.25) is 0 Å². The summed E-state index contributed by atoms with van der Waals surface area (Å²) >= 11 is 0.293. The molecule has 0 N–H and O–H groups in total. The molecular formula is C8H10I-. The van der Waals surface area contributed by atoms with Gasteiger partial charge in [0.15, 0.2) is 0 Å². The van der Waals surface area contributed by atoms with Crippen LogP contribution in [0.25, 0.3) is 0 Å². The number of hydrogen-bond acceptors (Lipinski definition) is 0. The predicted molar refractivity (Wildman–Crippen MR) is 35.8 cm³/mol. The average Bonchev–Trinajstić information content (AvgIpc) is 1.88. The van der Waals surface area contributed by atoms with Crippen molar-refractivity contribution in [2.24, 2.45) is 0 Å². The molecular weight excluding hydrogens is 223 g/mol. The summed E-state index contributed by atoms with van der Waals surface area (Å²) in [6.07, 6.45) is 0. The molecule has 0 radical (unpaired) electrons. The molecule has 0 nitrogen and oxygen atoms in total. The number of alkyl halides is 1. The van der Waals surface area contributed by atoms with Crippen LogP contribution in [0.4, 0.5) is 0 Å². The van der Waals surface area contributed by atoms with Crippen LogP contribution in [-0.2, 0) is 0 Å². The molecule has 0 aliphatic heterocycles. The van der Waals surface area contributed by atoms with Crippen molar-refractivity contribution in [3.63, 3.8) is 0 Å². The summed E-state index contributed by atoms with van der Waals surface area (Å²) in [5, 5.41) is 0. The number of rotatable bonds is 1. The van der Waals surface area contributed by atoms with Gasteiger partial charge in [0.05, 0.1) is 0 Å². The minimum absolute atomic E-state index is 0.293. The number of benzene rings is 1. The molecule has 0 amide bonds. The van der Waals surface area contributed by atoms with E-state index in [0.717, 1.165) is 0 Å². The van der Waals surface area contributed by atoms with Crippen molar-refractivity contribution in [3.05, 3.63) is 33.4 Å². The molecule has 1 aromatic rings. The van der Waals surface area contributed by atoms with Gasteiger partial charge in [-0.2, -0.15) is 0 Å². The molecule has 1 aromatic carbocycles. The Hall–Kier alpha value is -0.0500. The van der Waals surface area contributed by atoms with Crippen LogP contribution in [0, 0.1) is 10.5 Å². The Morgan fingerprint density at radius 1 is 1.33 bits per heavy atom. The summed E-state index contributed by atoms with van der Waals surface area (Å²) in [6.45, 7) is 2.14. The van der Waals surface area contributed by atoms with Crippen LogP contribution < -0.4 is 21.2 Å². The van der Waals surface area contributed by atoms with Crippen LogP contribution in [0.3, 0.4) is 0 Å². The molecule has 0 saturated heterocycles. The van der Waals surface area contributed by atoms with E-state index in [0.29, 0.717) is 21.2 Å². The van der Waals surface area contributed by atoms with Crippen molar-refractivity contribution in [1.29, 1.82) is 0 Å². The van der Waals surface area contributed by atoms with E-state index in [-0.39, 0.29) is 0 Å². The molecule has 1 rings (SSSR count). The topological polar surface area (TPSA) is 0 Å². The average molecular weight is 233 g/mol. The Morgan fingerprint density at radius 3 is 2.56 bits per heavy atom. The van der Waals surface area contributed by atoms with Gasteiger partial charge in [-0.15, -0.1) is 0 Å². The predicted octanol–water partition coefficient (Wildman–Crippen LogP) is -1.12. The third kappa shape index (κ3) is 1.97. The quantitative estimate of drug-likeness (QED) is 0.426.